The third kappa shape index (κ3) is 11.3. The van der Waals surface area contributed by atoms with E-state index in [2.05, 4.69) is 23.7 Å². The molecule has 0 unspecified atom stereocenters. The lowest BCUT2D eigenvalue weighted by molar-refractivity contribution is 0.611. The largest absolute Gasteiger partial charge is 0.316 e. The minimum atomic E-state index is 0.975. The first-order valence-electron chi connectivity index (χ1n) is 5.13. The molecule has 1 heteroatoms. The van der Waals surface area contributed by atoms with Crippen molar-refractivity contribution in [3.05, 3.63) is 12.7 Å². The van der Waals surface area contributed by atoms with E-state index in [1.165, 1.54) is 19.3 Å². The summed E-state index contributed by atoms with van der Waals surface area (Å²) in [7, 11) is 0. The first kappa shape index (κ1) is 12.3. The Morgan fingerprint density at radius 3 is 2.77 bits per heavy atom. The molecule has 0 aromatic heterocycles. The van der Waals surface area contributed by atoms with Crippen molar-refractivity contribution in [3.63, 3.8) is 0 Å². The second kappa shape index (κ2) is 11.3. The molecule has 0 saturated carbocycles. The second-order valence-corrected chi connectivity index (χ2v) is 3.06. The average Bonchev–Trinajstić information content (AvgIpc) is 2.16. The predicted molar refractivity (Wildman–Crippen MR) is 59.6 cm³/mol. The van der Waals surface area contributed by atoms with Gasteiger partial charge in [-0.05, 0) is 32.7 Å². The predicted octanol–water partition coefficient (Wildman–Crippen LogP) is 2.74. The van der Waals surface area contributed by atoms with E-state index in [0.29, 0.717) is 0 Å². The third-order valence-corrected chi connectivity index (χ3v) is 1.87. The summed E-state index contributed by atoms with van der Waals surface area (Å²) in [6.45, 7) is 7.74. The van der Waals surface area contributed by atoms with Crippen LogP contribution < -0.4 is 5.32 Å². The summed E-state index contributed by atoms with van der Waals surface area (Å²) in [6.07, 6.45) is 7.97. The fourth-order valence-corrected chi connectivity index (χ4v) is 1.12. The second-order valence-electron chi connectivity index (χ2n) is 3.06. The molecular formula is C12H21N. The molecule has 0 heterocycles. The minimum Gasteiger partial charge on any atom is -0.316 e. The van der Waals surface area contributed by atoms with E-state index in [1.807, 2.05) is 13.0 Å². The van der Waals surface area contributed by atoms with Crippen LogP contribution in [-0.2, 0) is 0 Å². The van der Waals surface area contributed by atoms with E-state index >= 15 is 0 Å². The molecule has 0 spiro atoms. The van der Waals surface area contributed by atoms with E-state index in [0.717, 1.165) is 25.9 Å². The lowest BCUT2D eigenvalue weighted by Crippen LogP contribution is -2.16. The maximum Gasteiger partial charge on any atom is 0.0214 e. The highest BCUT2D eigenvalue weighted by molar-refractivity contribution is 4.94. The van der Waals surface area contributed by atoms with Crippen LogP contribution in [0.3, 0.4) is 0 Å². The van der Waals surface area contributed by atoms with Gasteiger partial charge >= 0.3 is 0 Å². The van der Waals surface area contributed by atoms with E-state index in [1.54, 1.807) is 0 Å². The zero-order chi connectivity index (χ0) is 9.78. The number of nitrogens with one attached hydrogen (secondary N) is 1. The SMILES string of the molecule is C=CCCCCCNCCC#CC. The smallest absolute Gasteiger partial charge is 0.0214 e. The molecule has 74 valence electrons. The van der Waals surface area contributed by atoms with Crippen molar-refractivity contribution in [2.24, 2.45) is 0 Å². The van der Waals surface area contributed by atoms with E-state index < -0.39 is 0 Å². The molecule has 0 aromatic rings. The summed E-state index contributed by atoms with van der Waals surface area (Å²) in [6, 6.07) is 0. The van der Waals surface area contributed by atoms with Gasteiger partial charge in [0.05, 0.1) is 0 Å². The van der Waals surface area contributed by atoms with Gasteiger partial charge in [0.1, 0.15) is 0 Å². The van der Waals surface area contributed by atoms with Crippen LogP contribution in [-0.4, -0.2) is 13.1 Å². The van der Waals surface area contributed by atoms with E-state index in [4.69, 9.17) is 0 Å². The van der Waals surface area contributed by atoms with E-state index in [-0.39, 0.29) is 0 Å². The summed E-state index contributed by atoms with van der Waals surface area (Å²) >= 11 is 0. The number of rotatable bonds is 8. The highest BCUT2D eigenvalue weighted by Crippen LogP contribution is 1.98. The van der Waals surface area contributed by atoms with Crippen LogP contribution in [0.5, 0.6) is 0 Å². The van der Waals surface area contributed by atoms with Crippen LogP contribution in [0.15, 0.2) is 12.7 Å². The highest BCUT2D eigenvalue weighted by Gasteiger charge is 1.87. The molecule has 0 aliphatic rings. The molecule has 0 radical (unpaired) electrons. The quantitative estimate of drug-likeness (QED) is 0.343. The van der Waals surface area contributed by atoms with Crippen LogP contribution >= 0.6 is 0 Å². The van der Waals surface area contributed by atoms with Gasteiger partial charge in [0, 0.05) is 13.0 Å². The standard InChI is InChI=1S/C12H21N/c1-3-5-7-8-10-12-13-11-9-6-4-2/h3,13H,1,5,7-12H2,2H3. The summed E-state index contributed by atoms with van der Waals surface area (Å²) in [5.74, 6) is 5.92. The molecule has 0 atom stereocenters. The van der Waals surface area contributed by atoms with Crippen LogP contribution in [0.25, 0.3) is 0 Å². The Bertz CT molecular complexity index is 162. The van der Waals surface area contributed by atoms with E-state index in [9.17, 15) is 0 Å². The molecule has 0 bridgehead atoms. The van der Waals surface area contributed by atoms with Gasteiger partial charge in [-0.15, -0.1) is 18.4 Å². The van der Waals surface area contributed by atoms with Crippen LogP contribution in [0, 0.1) is 11.8 Å². The molecule has 0 fully saturated rings. The molecule has 0 aromatic carbocycles. The maximum atomic E-state index is 3.70. The van der Waals surface area contributed by atoms with Gasteiger partial charge in [0.15, 0.2) is 0 Å². The Morgan fingerprint density at radius 2 is 2.08 bits per heavy atom. The van der Waals surface area contributed by atoms with Crippen molar-refractivity contribution in [2.75, 3.05) is 13.1 Å². The number of allylic oxidation sites excluding steroid dienone is 1. The normalized spacial score (nSPS) is 9.00. The summed E-state index contributed by atoms with van der Waals surface area (Å²) in [5, 5.41) is 3.37. The first-order chi connectivity index (χ1) is 6.41. The minimum absolute atomic E-state index is 0.975. The van der Waals surface area contributed by atoms with Gasteiger partial charge in [-0.1, -0.05) is 12.5 Å². The van der Waals surface area contributed by atoms with Crippen molar-refractivity contribution in [3.8, 4) is 11.8 Å². The Balaban J connectivity index is 2.89. The van der Waals surface area contributed by atoms with Crippen LogP contribution in [0.1, 0.15) is 39.0 Å². The molecule has 1 nitrogen and oxygen atoms in total. The topological polar surface area (TPSA) is 12.0 Å². The summed E-state index contributed by atoms with van der Waals surface area (Å²) in [4.78, 5) is 0. The maximum absolute atomic E-state index is 3.70. The summed E-state index contributed by atoms with van der Waals surface area (Å²) in [5.41, 5.74) is 0. The molecule has 0 amide bonds. The molecule has 0 saturated heterocycles. The van der Waals surface area contributed by atoms with Gasteiger partial charge in [0.25, 0.3) is 0 Å². The van der Waals surface area contributed by atoms with Crippen molar-refractivity contribution >= 4 is 0 Å². The Labute approximate surface area is 82.6 Å². The Kier molecular flexibility index (Phi) is 10.6. The van der Waals surface area contributed by atoms with Crippen molar-refractivity contribution in [1.29, 1.82) is 0 Å². The van der Waals surface area contributed by atoms with Crippen LogP contribution in [0.2, 0.25) is 0 Å². The number of unbranched alkanes of at least 4 members (excludes halogenated alkanes) is 3. The molecule has 0 aliphatic carbocycles. The van der Waals surface area contributed by atoms with Crippen molar-refractivity contribution in [1.82, 2.24) is 5.32 Å². The Morgan fingerprint density at radius 1 is 1.23 bits per heavy atom. The molecule has 1 N–H and O–H groups in total. The third-order valence-electron chi connectivity index (χ3n) is 1.87. The summed E-state index contributed by atoms with van der Waals surface area (Å²) < 4.78 is 0. The van der Waals surface area contributed by atoms with Gasteiger partial charge in [-0.3, -0.25) is 0 Å². The number of hydrogen-bond acceptors (Lipinski definition) is 1. The zero-order valence-corrected chi connectivity index (χ0v) is 8.73. The van der Waals surface area contributed by atoms with Gasteiger partial charge in [-0.25, -0.2) is 0 Å². The van der Waals surface area contributed by atoms with Crippen LogP contribution in [0.4, 0.5) is 0 Å². The fraction of sp³-hybridized carbons (Fsp3) is 0.667. The number of hydrogen-bond donors (Lipinski definition) is 1. The monoisotopic (exact) mass is 179 g/mol. The highest BCUT2D eigenvalue weighted by atomic mass is 14.8. The molecule has 0 aliphatic heterocycles. The Hall–Kier alpha value is -0.740. The first-order valence-corrected chi connectivity index (χ1v) is 5.13. The molecule has 0 rings (SSSR count). The van der Waals surface area contributed by atoms with Gasteiger partial charge in [-0.2, -0.15) is 0 Å². The fourth-order valence-electron chi connectivity index (χ4n) is 1.12. The van der Waals surface area contributed by atoms with Gasteiger partial charge < -0.3 is 5.32 Å². The van der Waals surface area contributed by atoms with Gasteiger partial charge in [0.2, 0.25) is 0 Å². The zero-order valence-electron chi connectivity index (χ0n) is 8.73. The lowest BCUT2D eigenvalue weighted by Gasteiger charge is -2.00. The van der Waals surface area contributed by atoms with Crippen molar-refractivity contribution < 1.29 is 0 Å². The average molecular weight is 179 g/mol. The van der Waals surface area contributed by atoms with Crippen molar-refractivity contribution in [2.45, 2.75) is 39.0 Å². The molecular weight excluding hydrogens is 158 g/mol. The molecule has 13 heavy (non-hydrogen) atoms. The lowest BCUT2D eigenvalue weighted by atomic mass is 10.2.